The molecule has 1 aliphatic rings. The Hall–Kier alpha value is -0.680. The summed E-state index contributed by atoms with van der Waals surface area (Å²) in [7, 11) is 0. The molecule has 3 N–H and O–H groups in total. The number of thiocarbonyl (C=S) groups is 1. The number of rotatable bonds is 5. The second-order valence-electron chi connectivity index (χ2n) is 4.12. The van der Waals surface area contributed by atoms with Crippen LogP contribution in [0.2, 0.25) is 0 Å². The van der Waals surface area contributed by atoms with E-state index in [-0.39, 0.29) is 18.1 Å². The number of carbonyl (C=O) groups is 1. The number of nitrogens with two attached hydrogens (primary N) is 1. The third kappa shape index (κ3) is 4.45. The van der Waals surface area contributed by atoms with Gasteiger partial charge in [0.05, 0.1) is 23.6 Å². The third-order valence-electron chi connectivity index (χ3n) is 2.77. The minimum atomic E-state index is -0.189. The number of hydrogen-bond donors (Lipinski definition) is 2. The van der Waals surface area contributed by atoms with Crippen molar-refractivity contribution in [1.82, 2.24) is 5.32 Å². The minimum absolute atomic E-state index is 0.0217. The van der Waals surface area contributed by atoms with Crippen LogP contribution in [-0.4, -0.2) is 29.6 Å². The monoisotopic (exact) mass is 244 g/mol. The molecule has 0 bridgehead atoms. The first-order valence-corrected chi connectivity index (χ1v) is 6.24. The maximum Gasteiger partial charge on any atom is 0.223 e. The molecule has 0 aromatic rings. The van der Waals surface area contributed by atoms with Crippen LogP contribution < -0.4 is 11.1 Å². The first kappa shape index (κ1) is 13.4. The van der Waals surface area contributed by atoms with Crippen molar-refractivity contribution in [2.75, 3.05) is 6.61 Å². The number of ether oxygens (including phenoxy) is 1. The summed E-state index contributed by atoms with van der Waals surface area (Å²) in [5, 5.41) is 2.83. The number of hydrogen-bond acceptors (Lipinski definition) is 3. The summed E-state index contributed by atoms with van der Waals surface area (Å²) in [5.41, 5.74) is 5.51. The third-order valence-corrected chi connectivity index (χ3v) is 3.06. The molecule has 1 rings (SSSR count). The van der Waals surface area contributed by atoms with Crippen LogP contribution in [0.4, 0.5) is 0 Å². The molecule has 92 valence electrons. The van der Waals surface area contributed by atoms with Crippen molar-refractivity contribution in [2.24, 2.45) is 5.73 Å². The van der Waals surface area contributed by atoms with Crippen LogP contribution in [0.1, 0.15) is 39.0 Å². The first-order valence-electron chi connectivity index (χ1n) is 5.83. The molecule has 0 aliphatic carbocycles. The molecule has 0 radical (unpaired) electrons. The van der Waals surface area contributed by atoms with E-state index in [0.717, 1.165) is 32.3 Å². The van der Waals surface area contributed by atoms with Crippen LogP contribution in [0, 0.1) is 0 Å². The van der Waals surface area contributed by atoms with Gasteiger partial charge >= 0.3 is 0 Å². The SMILES string of the molecule is CCC(NC(=O)CC1CCCCO1)C(N)=S. The molecule has 5 heteroatoms. The van der Waals surface area contributed by atoms with Crippen LogP contribution in [0.25, 0.3) is 0 Å². The van der Waals surface area contributed by atoms with Gasteiger partial charge in [0.25, 0.3) is 0 Å². The Balaban J connectivity index is 2.31. The van der Waals surface area contributed by atoms with E-state index in [2.05, 4.69) is 5.32 Å². The lowest BCUT2D eigenvalue weighted by molar-refractivity contribution is -0.125. The maximum absolute atomic E-state index is 11.7. The van der Waals surface area contributed by atoms with E-state index in [1.807, 2.05) is 6.92 Å². The summed E-state index contributed by atoms with van der Waals surface area (Å²) in [6.07, 6.45) is 4.42. The fraction of sp³-hybridized carbons (Fsp3) is 0.818. The molecule has 0 spiro atoms. The summed E-state index contributed by atoms with van der Waals surface area (Å²) < 4.78 is 5.50. The molecule has 1 aliphatic heterocycles. The van der Waals surface area contributed by atoms with Crippen molar-refractivity contribution in [2.45, 2.75) is 51.2 Å². The highest BCUT2D eigenvalue weighted by Crippen LogP contribution is 2.15. The molecule has 0 saturated carbocycles. The quantitative estimate of drug-likeness (QED) is 0.712. The van der Waals surface area contributed by atoms with Crippen LogP contribution in [0.15, 0.2) is 0 Å². The van der Waals surface area contributed by atoms with Gasteiger partial charge in [-0.1, -0.05) is 19.1 Å². The van der Waals surface area contributed by atoms with Crippen molar-refractivity contribution in [3.05, 3.63) is 0 Å². The summed E-state index contributed by atoms with van der Waals surface area (Å²) in [4.78, 5) is 12.0. The van der Waals surface area contributed by atoms with Crippen molar-refractivity contribution >= 4 is 23.1 Å². The highest BCUT2D eigenvalue weighted by atomic mass is 32.1. The second kappa shape index (κ2) is 6.81. The molecule has 1 amide bonds. The largest absolute Gasteiger partial charge is 0.392 e. The smallest absolute Gasteiger partial charge is 0.223 e. The molecule has 16 heavy (non-hydrogen) atoms. The van der Waals surface area contributed by atoms with E-state index >= 15 is 0 Å². The maximum atomic E-state index is 11.7. The number of carbonyl (C=O) groups excluding carboxylic acids is 1. The van der Waals surface area contributed by atoms with Gasteiger partial charge in [0.1, 0.15) is 0 Å². The van der Waals surface area contributed by atoms with E-state index in [1.54, 1.807) is 0 Å². The minimum Gasteiger partial charge on any atom is -0.392 e. The molecule has 1 saturated heterocycles. The van der Waals surface area contributed by atoms with Crippen LogP contribution in [0.5, 0.6) is 0 Å². The van der Waals surface area contributed by atoms with Gasteiger partial charge in [0.2, 0.25) is 5.91 Å². The lowest BCUT2D eigenvalue weighted by Gasteiger charge is -2.23. The van der Waals surface area contributed by atoms with Gasteiger partial charge in [-0.25, -0.2) is 0 Å². The molecule has 2 atom stereocenters. The predicted octanol–water partition coefficient (Wildman–Crippen LogP) is 1.13. The standard InChI is InChI=1S/C11H20N2O2S/c1-2-9(11(12)16)13-10(14)7-8-5-3-4-6-15-8/h8-9H,2-7H2,1H3,(H2,12,16)(H,13,14). The van der Waals surface area contributed by atoms with E-state index in [0.29, 0.717) is 11.4 Å². The van der Waals surface area contributed by atoms with E-state index in [9.17, 15) is 4.79 Å². The molecule has 2 unspecified atom stereocenters. The van der Waals surface area contributed by atoms with Crippen molar-refractivity contribution in [3.8, 4) is 0 Å². The Labute approximate surface area is 102 Å². The Morgan fingerprint density at radius 2 is 2.38 bits per heavy atom. The zero-order valence-corrected chi connectivity index (χ0v) is 10.5. The average molecular weight is 244 g/mol. The highest BCUT2D eigenvalue weighted by Gasteiger charge is 2.19. The van der Waals surface area contributed by atoms with Gasteiger partial charge in [-0.15, -0.1) is 0 Å². The fourth-order valence-electron chi connectivity index (χ4n) is 1.80. The predicted molar refractivity (Wildman–Crippen MR) is 67.2 cm³/mol. The van der Waals surface area contributed by atoms with Gasteiger partial charge in [-0.05, 0) is 25.7 Å². The fourth-order valence-corrected chi connectivity index (χ4v) is 2.03. The lowest BCUT2D eigenvalue weighted by Crippen LogP contribution is -2.44. The number of amides is 1. The molecule has 0 aromatic carbocycles. The van der Waals surface area contributed by atoms with Gasteiger partial charge < -0.3 is 15.8 Å². The average Bonchev–Trinajstić information content (AvgIpc) is 2.27. The van der Waals surface area contributed by atoms with Gasteiger partial charge in [0, 0.05) is 6.61 Å². The first-order chi connectivity index (χ1) is 7.63. The van der Waals surface area contributed by atoms with Gasteiger partial charge in [0.15, 0.2) is 0 Å². The second-order valence-corrected chi connectivity index (χ2v) is 4.59. The molecule has 4 nitrogen and oxygen atoms in total. The Morgan fingerprint density at radius 1 is 1.62 bits per heavy atom. The van der Waals surface area contributed by atoms with Crippen molar-refractivity contribution < 1.29 is 9.53 Å². The van der Waals surface area contributed by atoms with Crippen molar-refractivity contribution in [3.63, 3.8) is 0 Å². The molecule has 1 heterocycles. The van der Waals surface area contributed by atoms with Crippen LogP contribution in [0.3, 0.4) is 0 Å². The summed E-state index contributed by atoms with van der Waals surface area (Å²) in [6, 6.07) is -0.189. The zero-order valence-electron chi connectivity index (χ0n) is 9.70. The summed E-state index contributed by atoms with van der Waals surface area (Å²) >= 11 is 4.87. The van der Waals surface area contributed by atoms with Gasteiger partial charge in [-0.2, -0.15) is 0 Å². The molecule has 1 fully saturated rings. The van der Waals surface area contributed by atoms with E-state index in [1.165, 1.54) is 0 Å². The van der Waals surface area contributed by atoms with E-state index in [4.69, 9.17) is 22.7 Å². The zero-order chi connectivity index (χ0) is 12.0. The Kier molecular flexibility index (Phi) is 5.69. The highest BCUT2D eigenvalue weighted by molar-refractivity contribution is 7.80. The molecular formula is C11H20N2O2S. The normalized spacial score (nSPS) is 22.4. The van der Waals surface area contributed by atoms with Crippen LogP contribution in [-0.2, 0) is 9.53 Å². The molecule has 0 aromatic heterocycles. The Morgan fingerprint density at radius 3 is 2.88 bits per heavy atom. The summed E-state index contributed by atoms with van der Waals surface area (Å²) in [6.45, 7) is 2.71. The Bertz CT molecular complexity index is 252. The molecular weight excluding hydrogens is 224 g/mol. The summed E-state index contributed by atoms with van der Waals surface area (Å²) in [5.74, 6) is -0.0217. The topological polar surface area (TPSA) is 64.3 Å². The van der Waals surface area contributed by atoms with Crippen LogP contribution >= 0.6 is 12.2 Å². The number of nitrogens with one attached hydrogen (secondary N) is 1. The van der Waals surface area contributed by atoms with Gasteiger partial charge in [-0.3, -0.25) is 4.79 Å². The van der Waals surface area contributed by atoms with Crippen molar-refractivity contribution in [1.29, 1.82) is 0 Å². The lowest BCUT2D eigenvalue weighted by atomic mass is 10.1. The van der Waals surface area contributed by atoms with E-state index < -0.39 is 0 Å².